The maximum absolute atomic E-state index is 9.01. The SMILES string of the molecule is C[Si](C)(C)O[C@]1(CCCCO)CO[C@@H]1c1ccccc1. The van der Waals surface area contributed by atoms with Gasteiger partial charge in [0.1, 0.15) is 11.7 Å². The molecule has 1 heterocycles. The van der Waals surface area contributed by atoms with Gasteiger partial charge in [-0.3, -0.25) is 0 Å². The standard InChI is InChI=1S/C16H26O3Si/c1-20(2,3)19-16(11-7-8-12-17)13-18-15(16)14-9-5-4-6-10-14/h4-6,9-10,15,17H,7-8,11-13H2,1-3H3/t15-,16-/m1/s1. The molecule has 0 unspecified atom stereocenters. The molecule has 0 aromatic heterocycles. The largest absolute Gasteiger partial charge is 0.407 e. The number of unbranched alkanes of at least 4 members (excludes halogenated alkanes) is 1. The van der Waals surface area contributed by atoms with Crippen LogP contribution in [0.5, 0.6) is 0 Å². The first-order valence-electron chi connectivity index (χ1n) is 7.44. The summed E-state index contributed by atoms with van der Waals surface area (Å²) in [5.74, 6) is 0. The van der Waals surface area contributed by atoms with Gasteiger partial charge >= 0.3 is 0 Å². The fraction of sp³-hybridized carbons (Fsp3) is 0.625. The minimum Gasteiger partial charge on any atom is -0.407 e. The highest BCUT2D eigenvalue weighted by Gasteiger charge is 2.51. The van der Waals surface area contributed by atoms with Gasteiger partial charge in [-0.15, -0.1) is 0 Å². The molecular weight excluding hydrogens is 268 g/mol. The summed E-state index contributed by atoms with van der Waals surface area (Å²) >= 11 is 0. The number of rotatable bonds is 7. The van der Waals surface area contributed by atoms with E-state index in [4.69, 9.17) is 14.3 Å². The van der Waals surface area contributed by atoms with Crippen molar-refractivity contribution in [1.82, 2.24) is 0 Å². The summed E-state index contributed by atoms with van der Waals surface area (Å²) in [6.07, 6.45) is 2.80. The van der Waals surface area contributed by atoms with Crippen LogP contribution in [0.3, 0.4) is 0 Å². The van der Waals surface area contributed by atoms with Crippen LogP contribution in [0.25, 0.3) is 0 Å². The minimum absolute atomic E-state index is 0.0362. The molecule has 4 heteroatoms. The summed E-state index contributed by atoms with van der Waals surface area (Å²) in [6.45, 7) is 7.59. The molecule has 0 amide bonds. The van der Waals surface area contributed by atoms with Crippen LogP contribution in [0.2, 0.25) is 19.6 Å². The average molecular weight is 294 g/mol. The lowest BCUT2D eigenvalue weighted by molar-refractivity contribution is -0.235. The number of aliphatic hydroxyl groups is 1. The van der Waals surface area contributed by atoms with E-state index < -0.39 is 8.32 Å². The molecule has 1 aromatic rings. The topological polar surface area (TPSA) is 38.7 Å². The molecule has 0 bridgehead atoms. The Hall–Kier alpha value is -0.683. The first-order chi connectivity index (χ1) is 9.47. The van der Waals surface area contributed by atoms with Gasteiger partial charge in [0.05, 0.1) is 6.61 Å². The Kier molecular flexibility index (Phi) is 5.02. The van der Waals surface area contributed by atoms with Crippen molar-refractivity contribution >= 4 is 8.32 Å². The van der Waals surface area contributed by atoms with Crippen molar-refractivity contribution in [3.8, 4) is 0 Å². The van der Waals surface area contributed by atoms with E-state index in [-0.39, 0.29) is 18.3 Å². The predicted molar refractivity (Wildman–Crippen MR) is 83.2 cm³/mol. The summed E-state index contributed by atoms with van der Waals surface area (Å²) in [4.78, 5) is 0. The highest BCUT2D eigenvalue weighted by Crippen LogP contribution is 2.46. The van der Waals surface area contributed by atoms with Crippen molar-refractivity contribution in [3.05, 3.63) is 35.9 Å². The maximum Gasteiger partial charge on any atom is 0.184 e. The molecule has 1 aromatic carbocycles. The molecule has 1 fully saturated rings. The Morgan fingerprint density at radius 3 is 2.45 bits per heavy atom. The van der Waals surface area contributed by atoms with E-state index in [0.717, 1.165) is 19.3 Å². The van der Waals surface area contributed by atoms with E-state index in [9.17, 15) is 0 Å². The van der Waals surface area contributed by atoms with E-state index in [0.29, 0.717) is 6.61 Å². The first-order valence-corrected chi connectivity index (χ1v) is 10.9. The van der Waals surface area contributed by atoms with Gasteiger partial charge in [0.25, 0.3) is 0 Å². The van der Waals surface area contributed by atoms with Gasteiger partial charge in [0, 0.05) is 6.61 Å². The molecule has 0 aliphatic carbocycles. The van der Waals surface area contributed by atoms with Crippen molar-refractivity contribution in [2.75, 3.05) is 13.2 Å². The molecule has 3 nitrogen and oxygen atoms in total. The van der Waals surface area contributed by atoms with Crippen LogP contribution in [0.4, 0.5) is 0 Å². The van der Waals surface area contributed by atoms with Gasteiger partial charge in [-0.25, -0.2) is 0 Å². The monoisotopic (exact) mass is 294 g/mol. The second kappa shape index (κ2) is 6.39. The fourth-order valence-electron chi connectivity index (χ4n) is 2.86. The summed E-state index contributed by atoms with van der Waals surface area (Å²) in [6, 6.07) is 10.3. The average Bonchev–Trinajstić information content (AvgIpc) is 2.36. The van der Waals surface area contributed by atoms with E-state index in [2.05, 4.69) is 31.8 Å². The summed E-state index contributed by atoms with van der Waals surface area (Å²) < 4.78 is 12.4. The number of hydrogen-bond acceptors (Lipinski definition) is 3. The number of ether oxygens (including phenoxy) is 1. The zero-order chi connectivity index (χ0) is 14.6. The summed E-state index contributed by atoms with van der Waals surface area (Å²) in [5, 5.41) is 9.01. The molecule has 20 heavy (non-hydrogen) atoms. The van der Waals surface area contributed by atoms with Gasteiger partial charge in [-0.1, -0.05) is 30.3 Å². The lowest BCUT2D eigenvalue weighted by Gasteiger charge is -2.52. The van der Waals surface area contributed by atoms with Gasteiger partial charge in [0.2, 0.25) is 0 Å². The lowest BCUT2D eigenvalue weighted by Crippen LogP contribution is -2.58. The Bertz CT molecular complexity index is 415. The van der Waals surface area contributed by atoms with E-state index in [1.54, 1.807) is 0 Å². The molecule has 0 radical (unpaired) electrons. The van der Waals surface area contributed by atoms with Crippen LogP contribution < -0.4 is 0 Å². The number of aliphatic hydroxyl groups excluding tert-OH is 1. The lowest BCUT2D eigenvalue weighted by atomic mass is 9.83. The van der Waals surface area contributed by atoms with Gasteiger partial charge in [-0.05, 0) is 44.5 Å². The molecular formula is C16H26O3Si. The van der Waals surface area contributed by atoms with E-state index in [1.807, 2.05) is 18.2 Å². The molecule has 1 aliphatic rings. The van der Waals surface area contributed by atoms with E-state index >= 15 is 0 Å². The quantitative estimate of drug-likeness (QED) is 0.618. The van der Waals surface area contributed by atoms with Gasteiger partial charge in [-0.2, -0.15) is 0 Å². The summed E-state index contributed by atoms with van der Waals surface area (Å²) in [5.41, 5.74) is 1.00. The van der Waals surface area contributed by atoms with Gasteiger partial charge in [0.15, 0.2) is 8.32 Å². The van der Waals surface area contributed by atoms with Crippen molar-refractivity contribution in [2.45, 2.75) is 50.6 Å². The fourth-order valence-corrected chi connectivity index (χ4v) is 4.35. The molecule has 0 saturated carbocycles. The zero-order valence-corrected chi connectivity index (χ0v) is 13.8. The molecule has 1 N–H and O–H groups in total. The van der Waals surface area contributed by atoms with Crippen LogP contribution in [-0.4, -0.2) is 32.2 Å². The molecule has 1 aliphatic heterocycles. The molecule has 1 saturated heterocycles. The number of hydrogen-bond donors (Lipinski definition) is 1. The van der Waals surface area contributed by atoms with Crippen LogP contribution >= 0.6 is 0 Å². The van der Waals surface area contributed by atoms with Crippen molar-refractivity contribution in [3.63, 3.8) is 0 Å². The van der Waals surface area contributed by atoms with Crippen LogP contribution in [-0.2, 0) is 9.16 Å². The highest BCUT2D eigenvalue weighted by atomic mass is 28.4. The Balaban J connectivity index is 2.14. The van der Waals surface area contributed by atoms with E-state index in [1.165, 1.54) is 5.56 Å². The van der Waals surface area contributed by atoms with Gasteiger partial charge < -0.3 is 14.3 Å². The predicted octanol–water partition coefficient (Wildman–Crippen LogP) is 3.51. The summed E-state index contributed by atoms with van der Waals surface area (Å²) in [7, 11) is -1.64. The third kappa shape index (κ3) is 3.70. The Labute approximate surface area is 123 Å². The minimum atomic E-state index is -1.64. The number of benzene rings is 1. The maximum atomic E-state index is 9.01. The van der Waals surface area contributed by atoms with Crippen molar-refractivity contribution < 1.29 is 14.3 Å². The van der Waals surface area contributed by atoms with Crippen molar-refractivity contribution in [2.24, 2.45) is 0 Å². The molecule has 0 spiro atoms. The van der Waals surface area contributed by atoms with Crippen molar-refractivity contribution in [1.29, 1.82) is 0 Å². The van der Waals surface area contributed by atoms with Crippen LogP contribution in [0.1, 0.15) is 30.9 Å². The smallest absolute Gasteiger partial charge is 0.184 e. The third-order valence-corrected chi connectivity index (χ3v) is 4.61. The molecule has 112 valence electrons. The zero-order valence-electron chi connectivity index (χ0n) is 12.8. The van der Waals surface area contributed by atoms with Crippen LogP contribution in [0, 0.1) is 0 Å². The van der Waals surface area contributed by atoms with Crippen LogP contribution in [0.15, 0.2) is 30.3 Å². The molecule has 2 atom stereocenters. The highest BCUT2D eigenvalue weighted by molar-refractivity contribution is 6.69. The Morgan fingerprint density at radius 1 is 1.25 bits per heavy atom. The third-order valence-electron chi connectivity index (χ3n) is 3.59. The first kappa shape index (κ1) is 15.7. The second-order valence-corrected chi connectivity index (χ2v) is 11.0. The molecule has 2 rings (SSSR count). The Morgan fingerprint density at radius 2 is 1.95 bits per heavy atom. The second-order valence-electron chi connectivity index (χ2n) is 6.56. The normalized spacial score (nSPS) is 26.3.